The standard InChI is InChI=1S/ClH.2La.H3O4P/c;;;1-5(2,3)4/h1H;;;(H3,1,2,3,4)/q;;+1;/p-1. The SMILES string of the molecule is O=P(O)(O)O.[Cl][La].[La]. The molecule has 0 atom stereocenters. The van der Waals surface area contributed by atoms with E-state index in [0.717, 1.165) is 0 Å². The molecule has 8 heavy (non-hydrogen) atoms. The molecule has 0 aliphatic carbocycles. The number of halogens is 1. The number of hydrogen-bond acceptors (Lipinski definition) is 1. The molecule has 0 spiro atoms. The van der Waals surface area contributed by atoms with Crippen molar-refractivity contribution in [1.82, 2.24) is 0 Å². The van der Waals surface area contributed by atoms with E-state index in [0.29, 0.717) is 32.3 Å². The van der Waals surface area contributed by atoms with Gasteiger partial charge in [0.05, 0.1) is 0 Å². The molecule has 0 bridgehead atoms. The van der Waals surface area contributed by atoms with Crippen LogP contribution in [0.3, 0.4) is 0 Å². The number of rotatable bonds is 0. The van der Waals surface area contributed by atoms with Crippen LogP contribution in [0.15, 0.2) is 0 Å². The zero-order valence-electron chi connectivity index (χ0n) is 3.73. The first-order chi connectivity index (χ1) is 3.00. The van der Waals surface area contributed by atoms with Crippen LogP contribution >= 0.6 is 14.6 Å². The van der Waals surface area contributed by atoms with Crippen molar-refractivity contribution in [3.05, 3.63) is 0 Å². The van der Waals surface area contributed by atoms with Crippen molar-refractivity contribution in [3.8, 4) is 0 Å². The van der Waals surface area contributed by atoms with Crippen molar-refractivity contribution in [2.75, 3.05) is 0 Å². The molecule has 0 aliphatic heterocycles. The monoisotopic (exact) mass is 411 g/mol. The first-order valence-electron chi connectivity index (χ1n) is 1.00. The van der Waals surface area contributed by atoms with E-state index in [1.165, 1.54) is 0 Å². The molecule has 8 heteroatoms. The second-order valence-corrected chi connectivity index (χ2v) is 1.54. The molecule has 0 aromatic carbocycles. The van der Waals surface area contributed by atoms with Gasteiger partial charge in [-0.3, -0.25) is 0 Å². The summed E-state index contributed by atoms with van der Waals surface area (Å²) < 4.78 is 8.88. The summed E-state index contributed by atoms with van der Waals surface area (Å²) in [6.45, 7) is 4.81. The Kier molecular flexibility index (Phi) is 20.9. The van der Waals surface area contributed by atoms with Crippen LogP contribution in [0.25, 0.3) is 0 Å². The van der Waals surface area contributed by atoms with E-state index in [-0.39, 0.29) is 35.6 Å². The minimum atomic E-state index is -4.64. The molecule has 0 unspecified atom stereocenters. The molecule has 0 aromatic rings. The Hall–Kier alpha value is 2.79. The van der Waals surface area contributed by atoms with E-state index in [1.54, 1.807) is 0 Å². The van der Waals surface area contributed by atoms with Crippen LogP contribution in [0.5, 0.6) is 0 Å². The van der Waals surface area contributed by atoms with Gasteiger partial charge in [0.1, 0.15) is 0 Å². The topological polar surface area (TPSA) is 77.8 Å². The van der Waals surface area contributed by atoms with Gasteiger partial charge in [0.2, 0.25) is 0 Å². The van der Waals surface area contributed by atoms with Gasteiger partial charge in [-0.2, -0.15) is 0 Å². The Balaban J connectivity index is -0.0000000750. The molecule has 0 amide bonds. The van der Waals surface area contributed by atoms with Gasteiger partial charge < -0.3 is 14.7 Å². The predicted octanol–water partition coefficient (Wildman–Crippen LogP) is -0.239. The average Bonchev–Trinajstić information content (AvgIpc) is 1.36. The van der Waals surface area contributed by atoms with E-state index >= 15 is 0 Å². The van der Waals surface area contributed by atoms with E-state index in [4.69, 9.17) is 26.0 Å². The summed E-state index contributed by atoms with van der Waals surface area (Å²) in [5, 5.41) is 0. The molecule has 0 heterocycles. The van der Waals surface area contributed by atoms with E-state index in [9.17, 15) is 0 Å². The smallest absolute Gasteiger partial charge is 0 e. The fraction of sp³-hybridized carbons (Fsp3) is 0. The number of phosphoric acid groups is 1. The van der Waals surface area contributed by atoms with Gasteiger partial charge in [-0.25, -0.2) is 4.57 Å². The van der Waals surface area contributed by atoms with E-state index in [2.05, 4.69) is 0 Å². The molecule has 0 fully saturated rings. The molecule has 0 rings (SSSR count). The van der Waals surface area contributed by atoms with E-state index < -0.39 is 7.82 Å². The van der Waals surface area contributed by atoms with Crippen molar-refractivity contribution in [2.24, 2.45) is 0 Å². The first kappa shape index (κ1) is 17.0. The summed E-state index contributed by atoms with van der Waals surface area (Å²) in [7, 11) is -4.64. The second kappa shape index (κ2) is 9.79. The quantitative estimate of drug-likeness (QED) is 0.481. The maximum absolute atomic E-state index is 8.88. The van der Waals surface area contributed by atoms with Crippen LogP contribution in [0.4, 0.5) is 0 Å². The summed E-state index contributed by atoms with van der Waals surface area (Å²) in [6.07, 6.45) is 0. The Morgan fingerprint density at radius 3 is 1.25 bits per heavy atom. The van der Waals surface area contributed by atoms with Crippen LogP contribution < -0.4 is 0 Å². The van der Waals surface area contributed by atoms with Crippen molar-refractivity contribution in [2.45, 2.75) is 0 Å². The summed E-state index contributed by atoms with van der Waals surface area (Å²) in [4.78, 5) is 21.6. The van der Waals surface area contributed by atoms with Crippen LogP contribution in [0.2, 0.25) is 0 Å². The zero-order chi connectivity index (χ0) is 6.50. The van der Waals surface area contributed by atoms with Gasteiger partial charge in [-0.05, 0) is 0 Å². The Morgan fingerprint density at radius 1 is 1.25 bits per heavy atom. The predicted molar refractivity (Wildman–Crippen MR) is 20.1 cm³/mol. The van der Waals surface area contributed by atoms with Crippen molar-refractivity contribution >= 4 is 14.6 Å². The molecule has 4 nitrogen and oxygen atoms in total. The first-order valence-corrected chi connectivity index (χ1v) is 7.11. The molecule has 3 N–H and O–H groups in total. The molecule has 0 aromatic heterocycles. The Bertz CT molecular complexity index is 60.2. The third kappa shape index (κ3) is 68.5. The summed E-state index contributed by atoms with van der Waals surface area (Å²) in [5.41, 5.74) is 0. The van der Waals surface area contributed by atoms with Crippen LogP contribution in [-0.2, 0) is 4.57 Å². The Labute approximate surface area is 99.7 Å². The minimum absolute atomic E-state index is 0. The molecule has 1 radical (unpaired) electrons. The largest absolute Gasteiger partial charge is 0 e. The molecule has 0 saturated heterocycles. The fourth-order valence-electron chi connectivity index (χ4n) is 0. The van der Waals surface area contributed by atoms with Gasteiger partial charge in [-0.15, -0.1) is 0 Å². The van der Waals surface area contributed by atoms with Crippen molar-refractivity contribution < 1.29 is 87.1 Å². The molecular formula is H3ClLa2O4P. The van der Waals surface area contributed by atoms with Crippen LogP contribution in [-0.4, -0.2) is 14.7 Å². The van der Waals surface area contributed by atoms with Gasteiger partial charge in [0, 0.05) is 35.6 Å². The normalized spacial score (nSPS) is 7.88. The zero-order valence-corrected chi connectivity index (χ0v) is 12.6. The Morgan fingerprint density at radius 2 is 1.25 bits per heavy atom. The van der Waals surface area contributed by atoms with Crippen molar-refractivity contribution in [3.63, 3.8) is 0 Å². The third-order valence-corrected chi connectivity index (χ3v) is 0. The average molecular weight is 411 g/mol. The molecule has 0 saturated carbocycles. The molecule has 0 aliphatic rings. The van der Waals surface area contributed by atoms with Gasteiger partial charge in [0.15, 0.2) is 0 Å². The molecule has 45 valence electrons. The molecular weight excluding hydrogens is 408 g/mol. The van der Waals surface area contributed by atoms with Gasteiger partial charge >= 0.3 is 46.9 Å². The summed E-state index contributed by atoms with van der Waals surface area (Å²) >= 11 is 0.639. The van der Waals surface area contributed by atoms with Crippen LogP contribution in [0, 0.1) is 67.9 Å². The maximum atomic E-state index is 8.88. The fourth-order valence-corrected chi connectivity index (χ4v) is 0. The van der Waals surface area contributed by atoms with Crippen LogP contribution in [0.1, 0.15) is 0 Å². The summed E-state index contributed by atoms with van der Waals surface area (Å²) in [6, 6.07) is 0. The minimum Gasteiger partial charge on any atom is 0 e. The van der Waals surface area contributed by atoms with Gasteiger partial charge in [-0.1, -0.05) is 0 Å². The van der Waals surface area contributed by atoms with Crippen molar-refractivity contribution in [1.29, 1.82) is 0 Å². The van der Waals surface area contributed by atoms with Gasteiger partial charge in [0.25, 0.3) is 0 Å². The summed E-state index contributed by atoms with van der Waals surface area (Å²) in [5.74, 6) is 0. The number of hydrogen-bond donors (Lipinski definition) is 3. The second-order valence-electron chi connectivity index (χ2n) is 0.513. The third-order valence-electron chi connectivity index (χ3n) is 0. The maximum Gasteiger partial charge on any atom is 0 e. The van der Waals surface area contributed by atoms with E-state index in [1.807, 2.05) is 0 Å².